The Morgan fingerprint density at radius 1 is 1.00 bits per heavy atom. The van der Waals surface area contributed by atoms with Gasteiger partial charge in [-0.3, -0.25) is 4.79 Å². The van der Waals surface area contributed by atoms with Gasteiger partial charge in [-0.05, 0) is 34.6 Å². The van der Waals surface area contributed by atoms with Crippen LogP contribution >= 0.6 is 0 Å². The molecular formula is C13H24O6. The third kappa shape index (κ3) is 9.44. The van der Waals surface area contributed by atoms with Crippen LogP contribution in [0.15, 0.2) is 0 Å². The van der Waals surface area contributed by atoms with Crippen molar-refractivity contribution in [2.24, 2.45) is 0 Å². The fraction of sp³-hybridized carbons (Fsp3) is 0.846. The summed E-state index contributed by atoms with van der Waals surface area (Å²) < 4.78 is 15.1. The maximum absolute atomic E-state index is 11.8. The molecule has 0 heterocycles. The van der Waals surface area contributed by atoms with E-state index in [1.807, 2.05) is 0 Å². The van der Waals surface area contributed by atoms with Crippen LogP contribution in [0, 0.1) is 0 Å². The zero-order valence-corrected chi connectivity index (χ0v) is 12.2. The summed E-state index contributed by atoms with van der Waals surface area (Å²) in [6.45, 7) is 8.32. The quantitative estimate of drug-likeness (QED) is 0.667. The molecule has 0 rings (SSSR count). The van der Waals surface area contributed by atoms with Crippen LogP contribution < -0.4 is 0 Å². The number of esters is 2. The molecule has 19 heavy (non-hydrogen) atoms. The van der Waals surface area contributed by atoms with E-state index >= 15 is 0 Å². The van der Waals surface area contributed by atoms with Gasteiger partial charge in [-0.2, -0.15) is 0 Å². The fourth-order valence-corrected chi connectivity index (χ4v) is 1.24. The summed E-state index contributed by atoms with van der Waals surface area (Å²) in [5.74, 6) is -1.16. The first-order valence-electron chi connectivity index (χ1n) is 6.42. The van der Waals surface area contributed by atoms with E-state index in [2.05, 4.69) is 0 Å². The van der Waals surface area contributed by atoms with Crippen LogP contribution in [0.2, 0.25) is 0 Å². The molecule has 0 aromatic rings. The maximum Gasteiger partial charge on any atom is 0.336 e. The van der Waals surface area contributed by atoms with Crippen molar-refractivity contribution in [2.75, 3.05) is 6.61 Å². The van der Waals surface area contributed by atoms with Crippen LogP contribution in [-0.4, -0.2) is 48.1 Å². The van der Waals surface area contributed by atoms with Crippen molar-refractivity contribution in [1.82, 2.24) is 0 Å². The van der Waals surface area contributed by atoms with E-state index in [1.165, 1.54) is 6.92 Å². The van der Waals surface area contributed by atoms with Crippen LogP contribution in [0.4, 0.5) is 0 Å². The molecule has 0 aliphatic carbocycles. The molecule has 6 nitrogen and oxygen atoms in total. The average molecular weight is 276 g/mol. The third-order valence-corrected chi connectivity index (χ3v) is 1.87. The minimum Gasteiger partial charge on any atom is -0.463 e. The number of ether oxygens (including phenoxy) is 3. The van der Waals surface area contributed by atoms with Crippen molar-refractivity contribution in [3.63, 3.8) is 0 Å². The normalized spacial score (nSPS) is 14.3. The second-order valence-corrected chi connectivity index (χ2v) is 4.90. The van der Waals surface area contributed by atoms with Crippen LogP contribution in [0.5, 0.6) is 0 Å². The summed E-state index contributed by atoms with van der Waals surface area (Å²) >= 11 is 0. The van der Waals surface area contributed by atoms with Gasteiger partial charge in [-0.1, -0.05) is 0 Å². The van der Waals surface area contributed by atoms with E-state index in [1.54, 1.807) is 27.7 Å². The van der Waals surface area contributed by atoms with Crippen molar-refractivity contribution in [1.29, 1.82) is 0 Å². The maximum atomic E-state index is 11.8. The first-order valence-corrected chi connectivity index (χ1v) is 6.42. The Kier molecular flexibility index (Phi) is 8.34. The van der Waals surface area contributed by atoms with Gasteiger partial charge < -0.3 is 19.3 Å². The Hall–Kier alpha value is -1.14. The number of aliphatic hydroxyl groups excluding tert-OH is 1. The molecule has 0 bridgehead atoms. The van der Waals surface area contributed by atoms with Crippen molar-refractivity contribution in [3.8, 4) is 0 Å². The molecular weight excluding hydrogens is 252 g/mol. The molecule has 6 heteroatoms. The Balaban J connectivity index is 4.48. The topological polar surface area (TPSA) is 82.1 Å². The monoisotopic (exact) mass is 276 g/mol. The lowest BCUT2D eigenvalue weighted by Crippen LogP contribution is -2.34. The minimum absolute atomic E-state index is 0.0488. The Labute approximate surface area is 114 Å². The van der Waals surface area contributed by atoms with Crippen molar-refractivity contribution >= 4 is 11.9 Å². The van der Waals surface area contributed by atoms with Crippen LogP contribution in [0.3, 0.4) is 0 Å². The second-order valence-electron chi connectivity index (χ2n) is 4.90. The molecule has 0 aromatic heterocycles. The number of rotatable bonds is 8. The molecule has 2 unspecified atom stereocenters. The largest absolute Gasteiger partial charge is 0.463 e. The van der Waals surface area contributed by atoms with E-state index in [0.717, 1.165) is 0 Å². The molecule has 0 aliphatic rings. The van der Waals surface area contributed by atoms with E-state index in [-0.39, 0.29) is 25.2 Å². The van der Waals surface area contributed by atoms with E-state index < -0.39 is 24.1 Å². The van der Waals surface area contributed by atoms with E-state index in [9.17, 15) is 9.59 Å². The number of hydrogen-bond acceptors (Lipinski definition) is 6. The van der Waals surface area contributed by atoms with E-state index in [4.69, 9.17) is 19.3 Å². The van der Waals surface area contributed by atoms with Gasteiger partial charge in [0.2, 0.25) is 0 Å². The molecule has 0 saturated heterocycles. The molecule has 0 spiro atoms. The smallest absolute Gasteiger partial charge is 0.336 e. The summed E-state index contributed by atoms with van der Waals surface area (Å²) in [5.41, 5.74) is 0. The summed E-state index contributed by atoms with van der Waals surface area (Å²) in [5, 5.41) is 9.15. The van der Waals surface area contributed by atoms with Gasteiger partial charge in [0.25, 0.3) is 0 Å². The highest BCUT2D eigenvalue weighted by atomic mass is 16.6. The van der Waals surface area contributed by atoms with Crippen molar-refractivity contribution in [3.05, 3.63) is 0 Å². The summed E-state index contributed by atoms with van der Waals surface area (Å²) in [6.07, 6.45) is -2.56. The van der Waals surface area contributed by atoms with E-state index in [0.29, 0.717) is 0 Å². The average Bonchev–Trinajstić information content (AvgIpc) is 2.21. The lowest BCUT2D eigenvalue weighted by Gasteiger charge is -2.19. The van der Waals surface area contributed by atoms with Gasteiger partial charge in [0.05, 0.1) is 31.3 Å². The van der Waals surface area contributed by atoms with Crippen molar-refractivity contribution < 1.29 is 28.9 Å². The predicted molar refractivity (Wildman–Crippen MR) is 68.5 cm³/mol. The molecule has 0 radical (unpaired) electrons. The van der Waals surface area contributed by atoms with Gasteiger partial charge in [-0.25, -0.2) is 4.79 Å². The lowest BCUT2D eigenvalue weighted by molar-refractivity contribution is -0.169. The highest BCUT2D eigenvalue weighted by Crippen LogP contribution is 2.07. The van der Waals surface area contributed by atoms with Gasteiger partial charge in [0.15, 0.2) is 6.10 Å². The zero-order chi connectivity index (χ0) is 15.0. The summed E-state index contributed by atoms with van der Waals surface area (Å²) in [6, 6.07) is 0. The zero-order valence-electron chi connectivity index (χ0n) is 12.2. The molecule has 2 atom stereocenters. The Morgan fingerprint density at radius 3 is 1.95 bits per heavy atom. The SMILES string of the molecule is CC(O)COC(CC(=O)OC(C)C)C(=O)OC(C)C. The molecule has 112 valence electrons. The van der Waals surface area contributed by atoms with Gasteiger partial charge in [-0.15, -0.1) is 0 Å². The molecule has 0 fully saturated rings. The number of aliphatic hydroxyl groups is 1. The molecule has 0 aliphatic heterocycles. The Bertz CT molecular complexity index is 285. The number of hydrogen-bond donors (Lipinski definition) is 1. The second kappa shape index (κ2) is 8.87. The first kappa shape index (κ1) is 17.9. The van der Waals surface area contributed by atoms with Gasteiger partial charge in [0, 0.05) is 0 Å². The van der Waals surface area contributed by atoms with Crippen LogP contribution in [-0.2, 0) is 23.8 Å². The van der Waals surface area contributed by atoms with Crippen LogP contribution in [0.1, 0.15) is 41.0 Å². The fourth-order valence-electron chi connectivity index (χ4n) is 1.24. The molecule has 0 saturated carbocycles. The Morgan fingerprint density at radius 2 is 1.53 bits per heavy atom. The first-order chi connectivity index (χ1) is 8.72. The third-order valence-electron chi connectivity index (χ3n) is 1.87. The highest BCUT2D eigenvalue weighted by molar-refractivity contribution is 5.82. The summed E-state index contributed by atoms with van der Waals surface area (Å²) in [7, 11) is 0. The van der Waals surface area contributed by atoms with Crippen LogP contribution in [0.25, 0.3) is 0 Å². The molecule has 0 aromatic carbocycles. The lowest BCUT2D eigenvalue weighted by atomic mass is 10.2. The number of carbonyl (C=O) groups is 2. The summed E-state index contributed by atoms with van der Waals surface area (Å²) in [4.78, 5) is 23.3. The highest BCUT2D eigenvalue weighted by Gasteiger charge is 2.26. The standard InChI is InChI=1S/C13H24O6/c1-8(2)18-12(15)6-11(17-7-10(5)14)13(16)19-9(3)4/h8-11,14H,6-7H2,1-5H3. The molecule has 1 N–H and O–H groups in total. The predicted octanol–water partition coefficient (Wildman–Crippen LogP) is 1.05. The van der Waals surface area contributed by atoms with Gasteiger partial charge >= 0.3 is 11.9 Å². The minimum atomic E-state index is -1.05. The van der Waals surface area contributed by atoms with Gasteiger partial charge in [0.1, 0.15) is 0 Å². The molecule has 0 amide bonds. The van der Waals surface area contributed by atoms with Crippen molar-refractivity contribution in [2.45, 2.75) is 65.5 Å². The number of carbonyl (C=O) groups excluding carboxylic acids is 2.